The van der Waals surface area contributed by atoms with Crippen LogP contribution in [-0.2, 0) is 0 Å². The van der Waals surface area contributed by atoms with Crippen molar-refractivity contribution in [2.75, 3.05) is 12.3 Å². The zero-order valence-electron chi connectivity index (χ0n) is 12.3. The Morgan fingerprint density at radius 3 is 2.83 bits per heavy atom. The van der Waals surface area contributed by atoms with Crippen LogP contribution < -0.4 is 15.9 Å². The van der Waals surface area contributed by atoms with Crippen molar-refractivity contribution in [2.45, 2.75) is 6.92 Å². The molecule has 0 aliphatic carbocycles. The van der Waals surface area contributed by atoms with Crippen LogP contribution in [-0.4, -0.2) is 18.7 Å². The lowest BCUT2D eigenvalue weighted by Crippen LogP contribution is -2.19. The Bertz CT molecular complexity index is 748. The van der Waals surface area contributed by atoms with Gasteiger partial charge in [-0.2, -0.15) is 5.10 Å². The Hall–Kier alpha value is -1.86. The molecule has 2 aromatic carbocycles. The van der Waals surface area contributed by atoms with Crippen LogP contribution in [0.4, 0.5) is 5.69 Å². The third-order valence-electron chi connectivity index (χ3n) is 2.93. The maximum atomic E-state index is 12.2. The van der Waals surface area contributed by atoms with E-state index in [9.17, 15) is 4.79 Å². The number of anilines is 1. The molecule has 0 saturated carbocycles. The van der Waals surface area contributed by atoms with E-state index in [1.54, 1.807) is 12.1 Å². The molecule has 0 atom stereocenters. The second-order valence-corrected chi connectivity index (χ2v) is 6.29. The second kappa shape index (κ2) is 8.12. The van der Waals surface area contributed by atoms with Crippen LogP contribution in [0.1, 0.15) is 22.8 Å². The summed E-state index contributed by atoms with van der Waals surface area (Å²) in [5.41, 5.74) is 9.83. The van der Waals surface area contributed by atoms with E-state index in [1.807, 2.05) is 31.2 Å². The zero-order chi connectivity index (χ0) is 16.8. The van der Waals surface area contributed by atoms with Crippen molar-refractivity contribution < 1.29 is 9.53 Å². The molecule has 0 aliphatic heterocycles. The smallest absolute Gasteiger partial charge is 0.273 e. The number of nitrogens with zero attached hydrogens (tertiary/aromatic N) is 1. The average Bonchev–Trinajstić information content (AvgIpc) is 2.52. The van der Waals surface area contributed by atoms with Gasteiger partial charge in [0.2, 0.25) is 0 Å². The van der Waals surface area contributed by atoms with E-state index in [1.165, 1.54) is 6.21 Å². The van der Waals surface area contributed by atoms with Crippen LogP contribution in [0.15, 0.2) is 50.4 Å². The monoisotopic (exact) mass is 439 g/mol. The number of nitrogens with one attached hydrogen (secondary N) is 1. The number of ether oxygens (including phenoxy) is 1. The van der Waals surface area contributed by atoms with Crippen molar-refractivity contribution >= 4 is 49.7 Å². The molecule has 0 aliphatic rings. The van der Waals surface area contributed by atoms with Crippen LogP contribution in [0.5, 0.6) is 5.75 Å². The number of hydrogen-bond donors (Lipinski definition) is 2. The Labute approximate surface area is 151 Å². The van der Waals surface area contributed by atoms with Gasteiger partial charge in [-0.3, -0.25) is 4.79 Å². The fraction of sp³-hybridized carbons (Fsp3) is 0.125. The van der Waals surface area contributed by atoms with Gasteiger partial charge >= 0.3 is 0 Å². The first-order valence-electron chi connectivity index (χ1n) is 6.82. The molecule has 2 rings (SSSR count). The molecular formula is C16H15Br2N3O2. The molecule has 0 fully saturated rings. The number of halogens is 2. The summed E-state index contributed by atoms with van der Waals surface area (Å²) in [7, 11) is 0. The number of carbonyl (C=O) groups is 1. The van der Waals surface area contributed by atoms with Gasteiger partial charge < -0.3 is 10.5 Å². The normalized spacial score (nSPS) is 10.7. The minimum absolute atomic E-state index is 0.335. The van der Waals surface area contributed by atoms with E-state index in [2.05, 4.69) is 42.4 Å². The number of rotatable bonds is 5. The van der Waals surface area contributed by atoms with E-state index in [4.69, 9.17) is 10.5 Å². The highest BCUT2D eigenvalue weighted by Gasteiger charge is 2.12. The molecule has 2 aromatic rings. The largest absolute Gasteiger partial charge is 0.493 e. The predicted octanol–water partition coefficient (Wildman–Crippen LogP) is 3.96. The highest BCUT2D eigenvalue weighted by molar-refractivity contribution is 9.11. The van der Waals surface area contributed by atoms with Crippen molar-refractivity contribution in [3.05, 3.63) is 56.5 Å². The molecule has 23 heavy (non-hydrogen) atoms. The van der Waals surface area contributed by atoms with Gasteiger partial charge in [0, 0.05) is 14.5 Å². The summed E-state index contributed by atoms with van der Waals surface area (Å²) in [6.45, 7) is 2.46. The van der Waals surface area contributed by atoms with Gasteiger partial charge in [0.25, 0.3) is 5.91 Å². The first-order valence-corrected chi connectivity index (χ1v) is 8.41. The van der Waals surface area contributed by atoms with E-state index in [0.717, 1.165) is 10.0 Å². The SMILES string of the molecule is CCOc1ccccc1/C=N/NC(=O)c1cc(Br)cc(Br)c1N. The summed E-state index contributed by atoms with van der Waals surface area (Å²) in [5, 5.41) is 3.97. The number of benzene rings is 2. The van der Waals surface area contributed by atoms with Crippen LogP contribution >= 0.6 is 31.9 Å². The van der Waals surface area contributed by atoms with Crippen molar-refractivity contribution in [1.82, 2.24) is 5.43 Å². The van der Waals surface area contributed by atoms with Crippen molar-refractivity contribution in [1.29, 1.82) is 0 Å². The molecule has 1 amide bonds. The van der Waals surface area contributed by atoms with Crippen LogP contribution in [0.25, 0.3) is 0 Å². The molecule has 0 bridgehead atoms. The molecule has 3 N–H and O–H groups in total. The number of carbonyl (C=O) groups excluding carboxylic acids is 1. The summed E-state index contributed by atoms with van der Waals surface area (Å²) < 4.78 is 6.88. The molecule has 7 heteroatoms. The summed E-state index contributed by atoms with van der Waals surface area (Å²) in [4.78, 5) is 12.2. The topological polar surface area (TPSA) is 76.7 Å². The van der Waals surface area contributed by atoms with Gasteiger partial charge in [-0.05, 0) is 47.1 Å². The quantitative estimate of drug-likeness (QED) is 0.419. The summed E-state index contributed by atoms with van der Waals surface area (Å²) in [6, 6.07) is 10.9. The molecule has 0 radical (unpaired) electrons. The fourth-order valence-electron chi connectivity index (χ4n) is 1.87. The van der Waals surface area contributed by atoms with Gasteiger partial charge in [-0.1, -0.05) is 28.1 Å². The lowest BCUT2D eigenvalue weighted by atomic mass is 10.2. The van der Waals surface area contributed by atoms with E-state index >= 15 is 0 Å². The van der Waals surface area contributed by atoms with Crippen molar-refractivity contribution in [3.8, 4) is 5.75 Å². The molecule has 0 unspecified atom stereocenters. The minimum Gasteiger partial charge on any atom is -0.493 e. The first-order chi connectivity index (χ1) is 11.0. The van der Waals surface area contributed by atoms with Gasteiger partial charge in [0.1, 0.15) is 5.75 Å². The first kappa shape index (κ1) is 17.5. The molecule has 0 aromatic heterocycles. The van der Waals surface area contributed by atoms with Crippen molar-refractivity contribution in [3.63, 3.8) is 0 Å². The number of nitrogen functional groups attached to an aromatic ring is 1. The van der Waals surface area contributed by atoms with Crippen LogP contribution in [0, 0.1) is 0 Å². The molecular weight excluding hydrogens is 426 g/mol. The lowest BCUT2D eigenvalue weighted by Gasteiger charge is -2.08. The number of hydrogen-bond acceptors (Lipinski definition) is 4. The fourth-order valence-corrected chi connectivity index (χ4v) is 3.09. The number of hydrazone groups is 1. The van der Waals surface area contributed by atoms with Gasteiger partial charge in [0.15, 0.2) is 0 Å². The highest BCUT2D eigenvalue weighted by atomic mass is 79.9. The summed E-state index contributed by atoms with van der Waals surface area (Å²) in [6.07, 6.45) is 1.53. The van der Waals surface area contributed by atoms with Crippen molar-refractivity contribution in [2.24, 2.45) is 5.10 Å². The standard InChI is InChI=1S/C16H15Br2N3O2/c1-2-23-14-6-4-3-5-10(14)9-20-21-16(22)12-7-11(17)8-13(18)15(12)19/h3-9H,2,19H2,1H3,(H,21,22)/b20-9+. The highest BCUT2D eigenvalue weighted by Crippen LogP contribution is 2.28. The Morgan fingerprint density at radius 1 is 1.35 bits per heavy atom. The summed E-state index contributed by atoms with van der Waals surface area (Å²) >= 11 is 6.63. The Balaban J connectivity index is 2.14. The molecule has 120 valence electrons. The molecule has 5 nitrogen and oxygen atoms in total. The van der Waals surface area contributed by atoms with Gasteiger partial charge in [0.05, 0.1) is 24.1 Å². The number of para-hydroxylation sites is 1. The molecule has 0 heterocycles. The molecule has 0 spiro atoms. The van der Waals surface area contributed by atoms with E-state index in [-0.39, 0.29) is 0 Å². The maximum Gasteiger partial charge on any atom is 0.273 e. The number of nitrogens with two attached hydrogens (primary N) is 1. The zero-order valence-corrected chi connectivity index (χ0v) is 15.5. The van der Waals surface area contributed by atoms with Crippen LogP contribution in [0.3, 0.4) is 0 Å². The summed E-state index contributed by atoms with van der Waals surface area (Å²) in [5.74, 6) is 0.312. The Kier molecular flexibility index (Phi) is 6.18. The average molecular weight is 441 g/mol. The lowest BCUT2D eigenvalue weighted by molar-refractivity contribution is 0.0956. The number of amides is 1. The van der Waals surface area contributed by atoms with E-state index < -0.39 is 5.91 Å². The molecule has 0 saturated heterocycles. The van der Waals surface area contributed by atoms with E-state index in [0.29, 0.717) is 28.1 Å². The van der Waals surface area contributed by atoms with Gasteiger partial charge in [-0.25, -0.2) is 5.43 Å². The van der Waals surface area contributed by atoms with Gasteiger partial charge in [-0.15, -0.1) is 0 Å². The van der Waals surface area contributed by atoms with Crippen LogP contribution in [0.2, 0.25) is 0 Å². The Morgan fingerprint density at radius 2 is 2.09 bits per heavy atom. The minimum atomic E-state index is -0.394. The third-order valence-corrected chi connectivity index (χ3v) is 4.04. The predicted molar refractivity (Wildman–Crippen MR) is 98.9 cm³/mol. The third kappa shape index (κ3) is 4.56. The second-order valence-electron chi connectivity index (χ2n) is 4.52. The maximum absolute atomic E-state index is 12.2.